The van der Waals surface area contributed by atoms with Crippen molar-refractivity contribution in [3.63, 3.8) is 0 Å². The molecule has 1 aromatic carbocycles. The summed E-state index contributed by atoms with van der Waals surface area (Å²) < 4.78 is 0. The van der Waals surface area contributed by atoms with Crippen LogP contribution in [0.2, 0.25) is 5.02 Å². The SMILES string of the molecule is Cc1c(Cl)cccc1NC(=O)[C@@H]1CCC(=O)N1. The Morgan fingerprint density at radius 2 is 2.29 bits per heavy atom. The summed E-state index contributed by atoms with van der Waals surface area (Å²) in [5.41, 5.74) is 1.51. The van der Waals surface area contributed by atoms with Crippen molar-refractivity contribution in [2.24, 2.45) is 0 Å². The van der Waals surface area contributed by atoms with Gasteiger partial charge in [0.2, 0.25) is 11.8 Å². The number of nitrogens with one attached hydrogen (secondary N) is 2. The Balaban J connectivity index is 2.08. The van der Waals surface area contributed by atoms with E-state index in [9.17, 15) is 9.59 Å². The van der Waals surface area contributed by atoms with Gasteiger partial charge in [0.1, 0.15) is 6.04 Å². The molecule has 0 radical (unpaired) electrons. The summed E-state index contributed by atoms with van der Waals surface area (Å²) in [4.78, 5) is 22.9. The van der Waals surface area contributed by atoms with E-state index in [1.807, 2.05) is 6.92 Å². The second kappa shape index (κ2) is 4.75. The highest BCUT2D eigenvalue weighted by atomic mass is 35.5. The predicted octanol–water partition coefficient (Wildman–Crippen LogP) is 1.87. The zero-order valence-corrected chi connectivity index (χ0v) is 10.2. The first kappa shape index (κ1) is 11.9. The van der Waals surface area contributed by atoms with Crippen LogP contribution in [0.4, 0.5) is 5.69 Å². The number of halogens is 1. The molecule has 2 N–H and O–H groups in total. The Bertz CT molecular complexity index is 474. The molecule has 17 heavy (non-hydrogen) atoms. The fourth-order valence-electron chi connectivity index (χ4n) is 1.77. The highest BCUT2D eigenvalue weighted by molar-refractivity contribution is 6.31. The van der Waals surface area contributed by atoms with E-state index in [1.54, 1.807) is 18.2 Å². The van der Waals surface area contributed by atoms with Gasteiger partial charge in [-0.25, -0.2) is 0 Å². The Hall–Kier alpha value is -1.55. The van der Waals surface area contributed by atoms with Gasteiger partial charge in [0, 0.05) is 17.1 Å². The summed E-state index contributed by atoms with van der Waals surface area (Å²) in [7, 11) is 0. The van der Waals surface area contributed by atoms with Crippen LogP contribution in [-0.2, 0) is 9.59 Å². The molecule has 1 fully saturated rings. The van der Waals surface area contributed by atoms with Crippen LogP contribution in [0.1, 0.15) is 18.4 Å². The Morgan fingerprint density at radius 1 is 1.53 bits per heavy atom. The van der Waals surface area contributed by atoms with E-state index in [2.05, 4.69) is 10.6 Å². The van der Waals surface area contributed by atoms with Crippen LogP contribution < -0.4 is 10.6 Å². The van der Waals surface area contributed by atoms with E-state index in [0.29, 0.717) is 23.6 Å². The first-order valence-corrected chi connectivity index (χ1v) is 5.81. The van der Waals surface area contributed by atoms with Crippen molar-refractivity contribution in [2.75, 3.05) is 5.32 Å². The van der Waals surface area contributed by atoms with Gasteiger partial charge >= 0.3 is 0 Å². The van der Waals surface area contributed by atoms with Crippen molar-refractivity contribution in [1.82, 2.24) is 5.32 Å². The smallest absolute Gasteiger partial charge is 0.246 e. The van der Waals surface area contributed by atoms with E-state index in [4.69, 9.17) is 11.6 Å². The van der Waals surface area contributed by atoms with Crippen LogP contribution in [0.25, 0.3) is 0 Å². The lowest BCUT2D eigenvalue weighted by Gasteiger charge is -2.13. The Kier molecular flexibility index (Phi) is 3.33. The van der Waals surface area contributed by atoms with Gasteiger partial charge in [-0.3, -0.25) is 9.59 Å². The average Bonchev–Trinajstić information content (AvgIpc) is 2.72. The first-order valence-electron chi connectivity index (χ1n) is 5.43. The van der Waals surface area contributed by atoms with E-state index in [-0.39, 0.29) is 11.8 Å². The third-order valence-electron chi connectivity index (χ3n) is 2.84. The molecule has 5 heteroatoms. The minimum absolute atomic E-state index is 0.0760. The molecule has 0 aliphatic carbocycles. The van der Waals surface area contributed by atoms with Gasteiger partial charge in [-0.2, -0.15) is 0 Å². The quantitative estimate of drug-likeness (QED) is 0.844. The molecule has 0 bridgehead atoms. The zero-order valence-electron chi connectivity index (χ0n) is 9.42. The molecule has 1 heterocycles. The minimum Gasteiger partial charge on any atom is -0.344 e. The lowest BCUT2D eigenvalue weighted by atomic mass is 10.1. The first-order chi connectivity index (χ1) is 8.08. The molecule has 90 valence electrons. The molecular formula is C12H13ClN2O2. The molecule has 1 aliphatic heterocycles. The highest BCUT2D eigenvalue weighted by Crippen LogP contribution is 2.23. The third-order valence-corrected chi connectivity index (χ3v) is 3.25. The van der Waals surface area contributed by atoms with Crippen molar-refractivity contribution in [2.45, 2.75) is 25.8 Å². The van der Waals surface area contributed by atoms with Gasteiger partial charge in [0.25, 0.3) is 0 Å². The average molecular weight is 253 g/mol. The molecule has 0 aromatic heterocycles. The number of hydrogen-bond donors (Lipinski definition) is 2. The zero-order chi connectivity index (χ0) is 12.4. The molecule has 2 rings (SSSR count). The van der Waals surface area contributed by atoms with Gasteiger partial charge in [0.05, 0.1) is 0 Å². The standard InChI is InChI=1S/C12H13ClN2O2/c1-7-8(13)3-2-4-9(7)15-12(17)10-5-6-11(16)14-10/h2-4,10H,5-6H2,1H3,(H,14,16)(H,15,17)/t10-/m0/s1. The summed E-state index contributed by atoms with van der Waals surface area (Å²) in [6.07, 6.45) is 0.955. The van der Waals surface area contributed by atoms with Gasteiger partial charge < -0.3 is 10.6 Å². The van der Waals surface area contributed by atoms with Gasteiger partial charge in [-0.1, -0.05) is 17.7 Å². The molecule has 0 unspecified atom stereocenters. The molecule has 1 atom stereocenters. The predicted molar refractivity (Wildman–Crippen MR) is 66.0 cm³/mol. The van der Waals surface area contributed by atoms with Crippen LogP contribution in [-0.4, -0.2) is 17.9 Å². The molecule has 1 aliphatic rings. The number of carbonyl (C=O) groups excluding carboxylic acids is 2. The highest BCUT2D eigenvalue weighted by Gasteiger charge is 2.27. The van der Waals surface area contributed by atoms with Crippen LogP contribution in [0.5, 0.6) is 0 Å². The molecule has 1 aromatic rings. The van der Waals surface area contributed by atoms with Gasteiger partial charge in [0.15, 0.2) is 0 Å². The lowest BCUT2D eigenvalue weighted by Crippen LogP contribution is -2.37. The number of hydrogen-bond acceptors (Lipinski definition) is 2. The van der Waals surface area contributed by atoms with Crippen LogP contribution in [0.15, 0.2) is 18.2 Å². The van der Waals surface area contributed by atoms with Crippen molar-refractivity contribution in [3.8, 4) is 0 Å². The summed E-state index contributed by atoms with van der Waals surface area (Å²) >= 11 is 5.96. The Labute approximate surface area is 104 Å². The number of carbonyl (C=O) groups is 2. The molecule has 0 spiro atoms. The van der Waals surface area contributed by atoms with E-state index >= 15 is 0 Å². The molecule has 2 amide bonds. The monoisotopic (exact) mass is 252 g/mol. The second-order valence-electron chi connectivity index (χ2n) is 4.06. The minimum atomic E-state index is -0.430. The maximum atomic E-state index is 11.9. The molecule has 1 saturated heterocycles. The summed E-state index contributed by atoms with van der Waals surface area (Å²) in [5, 5.41) is 6.01. The van der Waals surface area contributed by atoms with E-state index in [1.165, 1.54) is 0 Å². The second-order valence-corrected chi connectivity index (χ2v) is 4.47. The normalized spacial score (nSPS) is 18.9. The number of amides is 2. The maximum Gasteiger partial charge on any atom is 0.246 e. The number of benzene rings is 1. The fourth-order valence-corrected chi connectivity index (χ4v) is 1.95. The maximum absolute atomic E-state index is 11.9. The van der Waals surface area contributed by atoms with Gasteiger partial charge in [-0.05, 0) is 31.0 Å². The third kappa shape index (κ3) is 2.58. The topological polar surface area (TPSA) is 58.2 Å². The lowest BCUT2D eigenvalue weighted by molar-refractivity contribution is -0.122. The van der Waals surface area contributed by atoms with Gasteiger partial charge in [-0.15, -0.1) is 0 Å². The fraction of sp³-hybridized carbons (Fsp3) is 0.333. The van der Waals surface area contributed by atoms with E-state index in [0.717, 1.165) is 5.56 Å². The van der Waals surface area contributed by atoms with Crippen molar-refractivity contribution < 1.29 is 9.59 Å². The van der Waals surface area contributed by atoms with Crippen LogP contribution in [0.3, 0.4) is 0 Å². The molecule has 4 nitrogen and oxygen atoms in total. The number of anilines is 1. The molecule has 0 saturated carbocycles. The van der Waals surface area contributed by atoms with Crippen LogP contribution in [0, 0.1) is 6.92 Å². The van der Waals surface area contributed by atoms with E-state index < -0.39 is 6.04 Å². The van der Waals surface area contributed by atoms with Crippen molar-refractivity contribution >= 4 is 29.1 Å². The van der Waals surface area contributed by atoms with Crippen molar-refractivity contribution in [3.05, 3.63) is 28.8 Å². The largest absolute Gasteiger partial charge is 0.344 e. The number of rotatable bonds is 2. The Morgan fingerprint density at radius 3 is 2.94 bits per heavy atom. The summed E-state index contributed by atoms with van der Waals surface area (Å²) in [5.74, 6) is -0.269. The summed E-state index contributed by atoms with van der Waals surface area (Å²) in [6.45, 7) is 1.84. The van der Waals surface area contributed by atoms with Crippen molar-refractivity contribution in [1.29, 1.82) is 0 Å². The summed E-state index contributed by atoms with van der Waals surface area (Å²) in [6, 6.07) is 4.90. The van der Waals surface area contributed by atoms with Crippen LogP contribution >= 0.6 is 11.6 Å². The molecular weight excluding hydrogens is 240 g/mol.